The molecule has 0 aromatic carbocycles. The Morgan fingerprint density at radius 1 is 0.727 bits per heavy atom. The highest BCUT2D eigenvalue weighted by molar-refractivity contribution is 6.18. The van der Waals surface area contributed by atoms with Crippen LogP contribution in [0.25, 0.3) is 0 Å². The second-order valence-electron chi connectivity index (χ2n) is 5.92. The van der Waals surface area contributed by atoms with Crippen molar-refractivity contribution in [2.24, 2.45) is 0 Å². The monoisotopic (exact) mass is 354 g/mol. The van der Waals surface area contributed by atoms with Gasteiger partial charge in [0, 0.05) is 11.8 Å². The normalized spacial score (nSPS) is 12.7. The molecule has 2 nitrogen and oxygen atoms in total. The molecule has 0 fully saturated rings. The molecular weight excluding hydrogens is 319 g/mol. The van der Waals surface area contributed by atoms with Gasteiger partial charge in [-0.3, -0.25) is 0 Å². The summed E-state index contributed by atoms with van der Waals surface area (Å²) >= 11 is 11.5. The molecule has 0 saturated heterocycles. The maximum absolute atomic E-state index is 5.94. The molecule has 1 unspecified atom stereocenters. The summed E-state index contributed by atoms with van der Waals surface area (Å²) in [6, 6.07) is 0. The van der Waals surface area contributed by atoms with Crippen molar-refractivity contribution >= 4 is 23.2 Å². The van der Waals surface area contributed by atoms with Crippen molar-refractivity contribution in [1.29, 1.82) is 0 Å². The van der Waals surface area contributed by atoms with Crippen LogP contribution in [-0.4, -0.2) is 37.7 Å². The molecular formula is C18H36Cl2O2. The molecule has 0 N–H and O–H groups in total. The summed E-state index contributed by atoms with van der Waals surface area (Å²) in [4.78, 5) is 0. The third-order valence-electron chi connectivity index (χ3n) is 3.85. The van der Waals surface area contributed by atoms with Gasteiger partial charge in [-0.25, -0.2) is 0 Å². The smallest absolute Gasteiger partial charge is 0.0711 e. The molecule has 0 amide bonds. The molecule has 0 heterocycles. The first-order chi connectivity index (χ1) is 10.8. The molecule has 22 heavy (non-hydrogen) atoms. The van der Waals surface area contributed by atoms with Crippen molar-refractivity contribution in [3.63, 3.8) is 0 Å². The fraction of sp³-hybridized carbons (Fsp3) is 1.00. The molecule has 0 aliphatic rings. The van der Waals surface area contributed by atoms with E-state index in [0.29, 0.717) is 31.6 Å². The highest BCUT2D eigenvalue weighted by Gasteiger charge is 2.07. The van der Waals surface area contributed by atoms with Crippen LogP contribution in [0.15, 0.2) is 0 Å². The quantitative estimate of drug-likeness (QED) is 0.216. The molecule has 0 saturated carbocycles. The summed E-state index contributed by atoms with van der Waals surface area (Å²) in [5.74, 6) is 1.12. The van der Waals surface area contributed by atoms with Crippen molar-refractivity contribution in [2.75, 3.05) is 31.6 Å². The molecule has 0 aromatic heterocycles. The first kappa shape index (κ1) is 22.5. The van der Waals surface area contributed by atoms with Gasteiger partial charge in [0.05, 0.1) is 25.9 Å². The summed E-state index contributed by atoms with van der Waals surface area (Å²) in [5.41, 5.74) is 0. The van der Waals surface area contributed by atoms with E-state index in [1.165, 1.54) is 64.2 Å². The average Bonchev–Trinajstić information content (AvgIpc) is 2.54. The van der Waals surface area contributed by atoms with Gasteiger partial charge >= 0.3 is 0 Å². The first-order valence-electron chi connectivity index (χ1n) is 9.16. The fourth-order valence-electron chi connectivity index (χ4n) is 2.49. The van der Waals surface area contributed by atoms with Crippen molar-refractivity contribution in [2.45, 2.75) is 83.7 Å². The Balaban J connectivity index is 3.25. The van der Waals surface area contributed by atoms with Gasteiger partial charge in [0.1, 0.15) is 0 Å². The molecule has 0 aliphatic heterocycles. The lowest BCUT2D eigenvalue weighted by Crippen LogP contribution is -2.18. The third kappa shape index (κ3) is 16.9. The van der Waals surface area contributed by atoms with Gasteiger partial charge in [0.15, 0.2) is 0 Å². The Kier molecular flexibility index (Phi) is 20.0. The van der Waals surface area contributed by atoms with Gasteiger partial charge in [-0.2, -0.15) is 0 Å². The molecule has 134 valence electrons. The Hall–Kier alpha value is 0.500. The summed E-state index contributed by atoms with van der Waals surface area (Å²) < 4.78 is 11.0. The fourth-order valence-corrected chi connectivity index (χ4v) is 2.85. The van der Waals surface area contributed by atoms with E-state index in [0.717, 1.165) is 6.42 Å². The zero-order valence-electron chi connectivity index (χ0n) is 14.5. The number of hydrogen-bond donors (Lipinski definition) is 0. The van der Waals surface area contributed by atoms with E-state index >= 15 is 0 Å². The molecule has 0 spiro atoms. The summed E-state index contributed by atoms with van der Waals surface area (Å²) in [6.07, 6.45) is 14.9. The highest BCUT2D eigenvalue weighted by atomic mass is 35.5. The van der Waals surface area contributed by atoms with Crippen molar-refractivity contribution in [3.8, 4) is 0 Å². The number of alkyl halides is 2. The van der Waals surface area contributed by atoms with Crippen LogP contribution in [0.5, 0.6) is 0 Å². The van der Waals surface area contributed by atoms with Crippen LogP contribution in [0.1, 0.15) is 77.6 Å². The first-order valence-corrected chi connectivity index (χ1v) is 10.2. The maximum Gasteiger partial charge on any atom is 0.0711 e. The largest absolute Gasteiger partial charge is 0.378 e. The van der Waals surface area contributed by atoms with Crippen LogP contribution >= 0.6 is 23.2 Å². The van der Waals surface area contributed by atoms with E-state index in [4.69, 9.17) is 32.7 Å². The lowest BCUT2D eigenvalue weighted by molar-refractivity contribution is 0.0131. The summed E-state index contributed by atoms with van der Waals surface area (Å²) in [7, 11) is 0. The molecule has 0 bridgehead atoms. The lowest BCUT2D eigenvalue weighted by Gasteiger charge is -2.15. The van der Waals surface area contributed by atoms with Crippen LogP contribution in [-0.2, 0) is 9.47 Å². The van der Waals surface area contributed by atoms with E-state index in [1.807, 2.05) is 0 Å². The number of ether oxygens (including phenoxy) is 2. The Morgan fingerprint density at radius 3 is 1.86 bits per heavy atom. The second-order valence-corrected chi connectivity index (χ2v) is 6.61. The van der Waals surface area contributed by atoms with Gasteiger partial charge in [-0.05, 0) is 6.42 Å². The summed E-state index contributed by atoms with van der Waals surface area (Å²) in [5, 5.41) is 0. The number of rotatable bonds is 18. The number of halogens is 2. The molecule has 4 heteroatoms. The summed E-state index contributed by atoms with van der Waals surface area (Å²) in [6.45, 7) is 4.09. The SMILES string of the molecule is CCCCCCCCCCCCC(CCl)OCCOCCCl. The van der Waals surface area contributed by atoms with Crippen LogP contribution < -0.4 is 0 Å². The average molecular weight is 355 g/mol. The van der Waals surface area contributed by atoms with E-state index in [2.05, 4.69) is 6.92 Å². The third-order valence-corrected chi connectivity index (χ3v) is 4.35. The van der Waals surface area contributed by atoms with Gasteiger partial charge in [0.25, 0.3) is 0 Å². The molecule has 0 radical (unpaired) electrons. The lowest BCUT2D eigenvalue weighted by atomic mass is 10.0. The Morgan fingerprint density at radius 2 is 1.32 bits per heavy atom. The highest BCUT2D eigenvalue weighted by Crippen LogP contribution is 2.13. The minimum atomic E-state index is 0.176. The van der Waals surface area contributed by atoms with Crippen LogP contribution in [0.2, 0.25) is 0 Å². The van der Waals surface area contributed by atoms with Crippen LogP contribution in [0.3, 0.4) is 0 Å². The van der Waals surface area contributed by atoms with E-state index < -0.39 is 0 Å². The molecule has 0 rings (SSSR count). The standard InChI is InChI=1S/C18H36Cl2O2/c1-2-3-4-5-6-7-8-9-10-11-12-18(17-20)22-16-15-21-14-13-19/h18H,2-17H2,1H3. The predicted octanol–water partition coefficient (Wildman–Crippen LogP) is 6.18. The van der Waals surface area contributed by atoms with Gasteiger partial charge < -0.3 is 9.47 Å². The van der Waals surface area contributed by atoms with E-state index in [9.17, 15) is 0 Å². The zero-order valence-corrected chi connectivity index (χ0v) is 16.0. The van der Waals surface area contributed by atoms with E-state index in [1.54, 1.807) is 0 Å². The maximum atomic E-state index is 5.94. The van der Waals surface area contributed by atoms with Crippen molar-refractivity contribution in [3.05, 3.63) is 0 Å². The Labute approximate surface area is 148 Å². The molecule has 1 atom stereocenters. The van der Waals surface area contributed by atoms with Crippen LogP contribution in [0, 0.1) is 0 Å². The second kappa shape index (κ2) is 19.5. The number of unbranched alkanes of at least 4 members (excludes halogenated alkanes) is 9. The van der Waals surface area contributed by atoms with Crippen LogP contribution in [0.4, 0.5) is 0 Å². The molecule has 0 aliphatic carbocycles. The van der Waals surface area contributed by atoms with Gasteiger partial charge in [-0.1, -0.05) is 71.1 Å². The minimum absolute atomic E-state index is 0.176. The van der Waals surface area contributed by atoms with Gasteiger partial charge in [0.2, 0.25) is 0 Å². The predicted molar refractivity (Wildman–Crippen MR) is 98.5 cm³/mol. The number of hydrogen-bond acceptors (Lipinski definition) is 2. The van der Waals surface area contributed by atoms with Crippen molar-refractivity contribution in [1.82, 2.24) is 0 Å². The van der Waals surface area contributed by atoms with E-state index in [-0.39, 0.29) is 6.10 Å². The Bertz CT molecular complexity index is 204. The topological polar surface area (TPSA) is 18.5 Å². The zero-order chi connectivity index (χ0) is 16.3. The van der Waals surface area contributed by atoms with Crippen molar-refractivity contribution < 1.29 is 9.47 Å². The molecule has 0 aromatic rings. The van der Waals surface area contributed by atoms with Gasteiger partial charge in [-0.15, -0.1) is 23.2 Å². The minimum Gasteiger partial charge on any atom is -0.378 e.